The van der Waals surface area contributed by atoms with Crippen LogP contribution in [-0.4, -0.2) is 48.7 Å². The van der Waals surface area contributed by atoms with E-state index in [0.29, 0.717) is 0 Å². The van der Waals surface area contributed by atoms with Crippen LogP contribution in [0.3, 0.4) is 0 Å². The van der Waals surface area contributed by atoms with E-state index in [1.165, 1.54) is 6.92 Å². The van der Waals surface area contributed by atoms with Crippen molar-refractivity contribution in [3.05, 3.63) is 29.3 Å². The van der Waals surface area contributed by atoms with E-state index in [-0.39, 0.29) is 53.2 Å². The number of para-hydroxylation sites is 1. The summed E-state index contributed by atoms with van der Waals surface area (Å²) in [5.41, 5.74) is 0.958. The van der Waals surface area contributed by atoms with Gasteiger partial charge >= 0.3 is 43.7 Å². The van der Waals surface area contributed by atoms with Crippen molar-refractivity contribution in [3.63, 3.8) is 0 Å². The summed E-state index contributed by atoms with van der Waals surface area (Å²) < 4.78 is 5.99. The van der Waals surface area contributed by atoms with Crippen molar-refractivity contribution in [2.75, 3.05) is 0 Å². The maximum Gasteiger partial charge on any atom is 2.00 e. The Hall–Kier alpha value is -0.160. The van der Waals surface area contributed by atoms with E-state index < -0.39 is 0 Å². The van der Waals surface area contributed by atoms with E-state index in [2.05, 4.69) is 4.98 Å². The van der Waals surface area contributed by atoms with Crippen LogP contribution in [0.25, 0.3) is 10.2 Å². The zero-order valence-corrected chi connectivity index (χ0v) is 11.4. The SMILES string of the molecule is CC(=O)OCc1nc2ccccc2s1.[Ca+2].[H-].[H-]. The standard InChI is InChI=1S/C10H9NO2S.Ca.2H/c1-7(12)13-6-10-11-8-4-2-3-5-9(8)14-10;;;/h2-5H,6H2,1H3;;;/q;+2;2*-1. The molecule has 2 aromatic rings. The van der Waals surface area contributed by atoms with Gasteiger partial charge in [-0.05, 0) is 12.1 Å². The maximum atomic E-state index is 10.6. The van der Waals surface area contributed by atoms with Gasteiger partial charge < -0.3 is 7.59 Å². The minimum Gasteiger partial charge on any atom is -1.00 e. The Morgan fingerprint density at radius 3 is 2.93 bits per heavy atom. The van der Waals surface area contributed by atoms with E-state index >= 15 is 0 Å². The fourth-order valence-electron chi connectivity index (χ4n) is 1.15. The molecule has 0 unspecified atom stereocenters. The molecule has 0 bridgehead atoms. The zero-order chi connectivity index (χ0) is 9.97. The van der Waals surface area contributed by atoms with Crippen LogP contribution in [0.5, 0.6) is 0 Å². The molecule has 5 heteroatoms. The molecular formula is C10H11CaNO2S. The summed E-state index contributed by atoms with van der Waals surface area (Å²) in [5.74, 6) is -0.274. The first-order chi connectivity index (χ1) is 6.75. The van der Waals surface area contributed by atoms with E-state index in [1.54, 1.807) is 11.3 Å². The van der Waals surface area contributed by atoms with E-state index in [1.807, 2.05) is 24.3 Å². The molecule has 1 heterocycles. The second kappa shape index (κ2) is 5.80. The van der Waals surface area contributed by atoms with Crippen LogP contribution < -0.4 is 0 Å². The van der Waals surface area contributed by atoms with Crippen LogP contribution in [0.4, 0.5) is 0 Å². The van der Waals surface area contributed by atoms with Gasteiger partial charge in [-0.2, -0.15) is 0 Å². The first-order valence-electron chi connectivity index (χ1n) is 4.23. The first-order valence-corrected chi connectivity index (χ1v) is 5.05. The van der Waals surface area contributed by atoms with Gasteiger partial charge in [0, 0.05) is 6.92 Å². The number of fused-ring (bicyclic) bond motifs is 1. The molecule has 0 saturated carbocycles. The van der Waals surface area contributed by atoms with Crippen LogP contribution in [0, 0.1) is 0 Å². The molecule has 0 amide bonds. The minimum atomic E-state index is -0.274. The Kier molecular flexibility index (Phi) is 4.99. The summed E-state index contributed by atoms with van der Waals surface area (Å²) in [5, 5.41) is 0.835. The topological polar surface area (TPSA) is 39.2 Å². The first kappa shape index (κ1) is 12.9. The monoisotopic (exact) mass is 249 g/mol. The van der Waals surface area contributed by atoms with Crippen molar-refractivity contribution in [1.29, 1.82) is 0 Å². The van der Waals surface area contributed by atoms with E-state index in [4.69, 9.17) is 4.74 Å². The summed E-state index contributed by atoms with van der Waals surface area (Å²) in [6, 6.07) is 7.86. The van der Waals surface area contributed by atoms with Gasteiger partial charge in [0.2, 0.25) is 0 Å². The summed E-state index contributed by atoms with van der Waals surface area (Å²) in [6.07, 6.45) is 0. The fourth-order valence-corrected chi connectivity index (χ4v) is 2.03. The Bertz CT molecular complexity index is 445. The molecule has 0 saturated heterocycles. The van der Waals surface area contributed by atoms with Crippen molar-refractivity contribution in [2.24, 2.45) is 0 Å². The van der Waals surface area contributed by atoms with Gasteiger partial charge in [0.15, 0.2) is 0 Å². The molecule has 0 aliphatic heterocycles. The van der Waals surface area contributed by atoms with Crippen LogP contribution in [0.2, 0.25) is 0 Å². The van der Waals surface area contributed by atoms with Crippen molar-refractivity contribution in [3.8, 4) is 0 Å². The number of carbonyl (C=O) groups excluding carboxylic acids is 1. The van der Waals surface area contributed by atoms with Crippen molar-refractivity contribution < 1.29 is 12.4 Å². The number of aromatic nitrogens is 1. The molecule has 0 N–H and O–H groups in total. The zero-order valence-electron chi connectivity index (χ0n) is 10.4. The minimum absolute atomic E-state index is 0. The van der Waals surface area contributed by atoms with E-state index in [9.17, 15) is 4.79 Å². The number of carbonyl (C=O) groups is 1. The molecule has 0 aliphatic rings. The largest absolute Gasteiger partial charge is 2.00 e. The van der Waals surface area contributed by atoms with Crippen molar-refractivity contribution >= 4 is 65.3 Å². The molecule has 0 radical (unpaired) electrons. The molecule has 2 rings (SSSR count). The summed E-state index contributed by atoms with van der Waals surface area (Å²) >= 11 is 1.55. The molecule has 76 valence electrons. The van der Waals surface area contributed by atoms with E-state index in [0.717, 1.165) is 15.2 Å². The molecule has 0 aliphatic carbocycles. The maximum absolute atomic E-state index is 10.6. The molecule has 3 nitrogen and oxygen atoms in total. The smallest absolute Gasteiger partial charge is 1.00 e. The van der Waals surface area contributed by atoms with Crippen molar-refractivity contribution in [2.45, 2.75) is 13.5 Å². The van der Waals surface area contributed by atoms with Gasteiger partial charge in [0.25, 0.3) is 0 Å². The number of hydrogen-bond acceptors (Lipinski definition) is 4. The third-order valence-electron chi connectivity index (χ3n) is 1.74. The Morgan fingerprint density at radius 1 is 1.53 bits per heavy atom. The van der Waals surface area contributed by atoms with Crippen LogP contribution in [0.1, 0.15) is 14.8 Å². The second-order valence-electron chi connectivity index (χ2n) is 2.86. The molecule has 15 heavy (non-hydrogen) atoms. The number of thiazole rings is 1. The molecule has 0 atom stereocenters. The number of rotatable bonds is 2. The summed E-state index contributed by atoms with van der Waals surface area (Å²) in [4.78, 5) is 14.9. The van der Waals surface area contributed by atoms with Crippen LogP contribution >= 0.6 is 11.3 Å². The average Bonchev–Trinajstić information content (AvgIpc) is 2.57. The second-order valence-corrected chi connectivity index (χ2v) is 3.97. The fraction of sp³-hybridized carbons (Fsp3) is 0.200. The molecular weight excluding hydrogens is 238 g/mol. The molecule has 0 spiro atoms. The van der Waals surface area contributed by atoms with Crippen LogP contribution in [0.15, 0.2) is 24.3 Å². The van der Waals surface area contributed by atoms with Gasteiger partial charge in [0.05, 0.1) is 10.2 Å². The predicted molar refractivity (Wildman–Crippen MR) is 63.1 cm³/mol. The number of ether oxygens (including phenoxy) is 1. The number of nitrogens with zero attached hydrogens (tertiary/aromatic N) is 1. The molecule has 0 fully saturated rings. The van der Waals surface area contributed by atoms with Gasteiger partial charge in [-0.3, -0.25) is 4.79 Å². The summed E-state index contributed by atoms with van der Waals surface area (Å²) in [6.45, 7) is 1.67. The Morgan fingerprint density at radius 2 is 2.27 bits per heavy atom. The van der Waals surface area contributed by atoms with Gasteiger partial charge in [-0.1, -0.05) is 12.1 Å². The van der Waals surface area contributed by atoms with Crippen molar-refractivity contribution in [1.82, 2.24) is 4.98 Å². The number of benzene rings is 1. The summed E-state index contributed by atoms with van der Waals surface area (Å²) in [7, 11) is 0. The Balaban J connectivity index is 0. The third-order valence-corrected chi connectivity index (χ3v) is 2.75. The Labute approximate surface area is 124 Å². The quantitative estimate of drug-likeness (QED) is 0.605. The third kappa shape index (κ3) is 3.41. The molecule has 1 aromatic carbocycles. The van der Waals surface area contributed by atoms with Gasteiger partial charge in [-0.25, -0.2) is 4.98 Å². The van der Waals surface area contributed by atoms with Gasteiger partial charge in [-0.15, -0.1) is 11.3 Å². The number of esters is 1. The predicted octanol–water partition coefficient (Wildman–Crippen LogP) is 2.20. The van der Waals surface area contributed by atoms with Crippen LogP contribution in [-0.2, 0) is 16.1 Å². The molecule has 1 aromatic heterocycles. The number of hydrogen-bond donors (Lipinski definition) is 0. The van der Waals surface area contributed by atoms with Gasteiger partial charge in [0.1, 0.15) is 11.6 Å². The normalized spacial score (nSPS) is 9.67. The average molecular weight is 249 g/mol.